The van der Waals surface area contributed by atoms with Gasteiger partial charge in [-0.3, -0.25) is 10.1 Å². The summed E-state index contributed by atoms with van der Waals surface area (Å²) < 4.78 is 5.35. The van der Waals surface area contributed by atoms with Gasteiger partial charge in [0.05, 0.1) is 7.11 Å². The molecule has 2 N–H and O–H groups in total. The van der Waals surface area contributed by atoms with Gasteiger partial charge in [0.25, 0.3) is 0 Å². The van der Waals surface area contributed by atoms with Crippen molar-refractivity contribution in [3.8, 4) is 5.75 Å². The highest BCUT2D eigenvalue weighted by Gasteiger charge is 2.39. The predicted molar refractivity (Wildman–Crippen MR) is 85.1 cm³/mol. The van der Waals surface area contributed by atoms with E-state index in [2.05, 4.69) is 12.2 Å². The largest absolute Gasteiger partial charge is 0.496 e. The summed E-state index contributed by atoms with van der Waals surface area (Å²) in [5.41, 5.74) is -0.865. The molecule has 1 fully saturated rings. The van der Waals surface area contributed by atoms with Gasteiger partial charge in [-0.2, -0.15) is 0 Å². The number of methoxy groups -OCH3 is 1. The van der Waals surface area contributed by atoms with Crippen LogP contribution in [-0.4, -0.2) is 35.0 Å². The minimum Gasteiger partial charge on any atom is -0.496 e. The summed E-state index contributed by atoms with van der Waals surface area (Å²) in [5, 5.41) is 13.0. The maximum Gasteiger partial charge on any atom is 0.323 e. The molecule has 0 aromatic heterocycles. The molecular weight excluding hydrogens is 286 g/mol. The maximum absolute atomic E-state index is 11.6. The smallest absolute Gasteiger partial charge is 0.323 e. The van der Waals surface area contributed by atoms with Crippen LogP contribution >= 0.6 is 11.8 Å². The first kappa shape index (κ1) is 16.2. The third-order valence-electron chi connectivity index (χ3n) is 3.66. The number of carboxylic acids is 1. The number of nitrogens with one attached hydrogen (secondary N) is 1. The molecule has 21 heavy (non-hydrogen) atoms. The van der Waals surface area contributed by atoms with E-state index in [0.717, 1.165) is 23.5 Å². The molecule has 2 atom stereocenters. The number of aliphatic carboxylic acids is 1. The fourth-order valence-corrected chi connectivity index (χ4v) is 3.71. The van der Waals surface area contributed by atoms with Gasteiger partial charge in [0.2, 0.25) is 0 Å². The lowest BCUT2D eigenvalue weighted by Crippen LogP contribution is -2.51. The molecule has 5 heteroatoms. The van der Waals surface area contributed by atoms with E-state index >= 15 is 0 Å². The van der Waals surface area contributed by atoms with E-state index in [-0.39, 0.29) is 5.25 Å². The Labute approximate surface area is 130 Å². The summed E-state index contributed by atoms with van der Waals surface area (Å²) in [6.07, 6.45) is 2.73. The quantitative estimate of drug-likeness (QED) is 0.722. The van der Waals surface area contributed by atoms with Crippen molar-refractivity contribution in [1.29, 1.82) is 0 Å². The molecule has 4 nitrogen and oxygen atoms in total. The molecule has 0 radical (unpaired) electrons. The first-order chi connectivity index (χ1) is 9.94. The number of rotatable bonds is 8. The van der Waals surface area contributed by atoms with E-state index in [9.17, 15) is 9.90 Å². The van der Waals surface area contributed by atoms with E-state index in [0.29, 0.717) is 12.5 Å². The molecule has 0 bridgehead atoms. The Bertz CT molecular complexity index is 504. The molecule has 1 aromatic rings. The second-order valence-electron chi connectivity index (χ2n) is 5.84. The van der Waals surface area contributed by atoms with Crippen LogP contribution in [0.3, 0.4) is 0 Å². The van der Waals surface area contributed by atoms with E-state index in [4.69, 9.17) is 4.74 Å². The number of hydrogen-bond donors (Lipinski definition) is 2. The zero-order valence-corrected chi connectivity index (χ0v) is 13.6. The van der Waals surface area contributed by atoms with Crippen LogP contribution in [0.15, 0.2) is 29.2 Å². The van der Waals surface area contributed by atoms with Crippen LogP contribution in [-0.2, 0) is 4.79 Å². The van der Waals surface area contributed by atoms with Crippen molar-refractivity contribution in [3.05, 3.63) is 24.3 Å². The Hall–Kier alpha value is -1.20. The average Bonchev–Trinajstić information content (AvgIpc) is 3.22. The lowest BCUT2D eigenvalue weighted by atomic mass is 9.96. The molecule has 2 unspecified atom stereocenters. The summed E-state index contributed by atoms with van der Waals surface area (Å²) in [4.78, 5) is 12.6. The van der Waals surface area contributed by atoms with E-state index in [1.807, 2.05) is 24.3 Å². The maximum atomic E-state index is 11.6. The zero-order valence-electron chi connectivity index (χ0n) is 12.8. The summed E-state index contributed by atoms with van der Waals surface area (Å²) in [7, 11) is 1.65. The van der Waals surface area contributed by atoms with Crippen molar-refractivity contribution in [2.45, 2.75) is 54.8 Å². The SMILES string of the molecule is COc1ccccc1SC(C)CC(C)(NC1CC1)C(=O)O. The summed E-state index contributed by atoms with van der Waals surface area (Å²) in [5.74, 6) is 0.0587. The third-order valence-corrected chi connectivity index (χ3v) is 4.83. The zero-order chi connectivity index (χ0) is 15.5. The van der Waals surface area contributed by atoms with Gasteiger partial charge >= 0.3 is 5.97 Å². The van der Waals surface area contributed by atoms with Crippen molar-refractivity contribution in [3.63, 3.8) is 0 Å². The third kappa shape index (κ3) is 4.38. The van der Waals surface area contributed by atoms with Crippen molar-refractivity contribution in [2.24, 2.45) is 0 Å². The summed E-state index contributed by atoms with van der Waals surface area (Å²) >= 11 is 1.66. The molecule has 0 spiro atoms. The van der Waals surface area contributed by atoms with Crippen LogP contribution in [0.25, 0.3) is 0 Å². The van der Waals surface area contributed by atoms with Crippen molar-refractivity contribution < 1.29 is 14.6 Å². The molecular formula is C16H23NO3S. The van der Waals surface area contributed by atoms with Crippen LogP contribution in [0.4, 0.5) is 0 Å². The lowest BCUT2D eigenvalue weighted by Gasteiger charge is -2.29. The van der Waals surface area contributed by atoms with Crippen LogP contribution in [0.5, 0.6) is 5.75 Å². The molecule has 1 aliphatic carbocycles. The van der Waals surface area contributed by atoms with Gasteiger partial charge < -0.3 is 9.84 Å². The molecule has 2 rings (SSSR count). The second-order valence-corrected chi connectivity index (χ2v) is 7.32. The Morgan fingerprint density at radius 2 is 2.19 bits per heavy atom. The molecule has 0 aliphatic heterocycles. The number of carbonyl (C=O) groups is 1. The number of thioether (sulfide) groups is 1. The molecule has 0 amide bonds. The van der Waals surface area contributed by atoms with Gasteiger partial charge in [-0.15, -0.1) is 11.8 Å². The normalized spacial score (nSPS) is 18.8. The topological polar surface area (TPSA) is 58.6 Å². The highest BCUT2D eigenvalue weighted by atomic mass is 32.2. The lowest BCUT2D eigenvalue weighted by molar-refractivity contribution is -0.144. The number of benzene rings is 1. The second kappa shape index (κ2) is 6.71. The van der Waals surface area contributed by atoms with E-state index < -0.39 is 11.5 Å². The number of para-hydroxylation sites is 1. The van der Waals surface area contributed by atoms with E-state index in [1.54, 1.807) is 25.8 Å². The first-order valence-corrected chi connectivity index (χ1v) is 8.13. The Balaban J connectivity index is 2.01. The Morgan fingerprint density at radius 3 is 2.76 bits per heavy atom. The first-order valence-electron chi connectivity index (χ1n) is 7.25. The molecule has 0 saturated heterocycles. The molecule has 1 aromatic carbocycles. The van der Waals surface area contributed by atoms with Crippen LogP contribution in [0.1, 0.15) is 33.1 Å². The fourth-order valence-electron chi connectivity index (χ4n) is 2.44. The van der Waals surface area contributed by atoms with Gasteiger partial charge in [0.1, 0.15) is 11.3 Å². The van der Waals surface area contributed by atoms with Crippen LogP contribution < -0.4 is 10.1 Å². The van der Waals surface area contributed by atoms with Gasteiger partial charge in [0, 0.05) is 16.2 Å². The predicted octanol–water partition coefficient (Wildman–Crippen LogP) is 3.16. The molecule has 1 aliphatic rings. The standard InChI is InChI=1S/C16H23NO3S/c1-11(21-14-7-5-4-6-13(14)20-3)10-16(2,15(18)19)17-12-8-9-12/h4-7,11-12,17H,8-10H2,1-3H3,(H,18,19). The van der Waals surface area contributed by atoms with Gasteiger partial charge in [-0.05, 0) is 38.3 Å². The monoisotopic (exact) mass is 309 g/mol. The fraction of sp³-hybridized carbons (Fsp3) is 0.562. The Kier molecular flexibility index (Phi) is 5.17. The Morgan fingerprint density at radius 1 is 1.52 bits per heavy atom. The summed E-state index contributed by atoms with van der Waals surface area (Å²) in [6.45, 7) is 3.85. The van der Waals surface area contributed by atoms with E-state index in [1.165, 1.54) is 0 Å². The minimum atomic E-state index is -0.865. The van der Waals surface area contributed by atoms with Crippen molar-refractivity contribution >= 4 is 17.7 Å². The highest BCUT2D eigenvalue weighted by molar-refractivity contribution is 8.00. The van der Waals surface area contributed by atoms with Gasteiger partial charge in [0.15, 0.2) is 0 Å². The van der Waals surface area contributed by atoms with Crippen LogP contribution in [0, 0.1) is 0 Å². The van der Waals surface area contributed by atoms with Crippen molar-refractivity contribution in [1.82, 2.24) is 5.32 Å². The number of hydrogen-bond acceptors (Lipinski definition) is 4. The van der Waals surface area contributed by atoms with Gasteiger partial charge in [-0.1, -0.05) is 19.1 Å². The number of carboxylic acid groups (broad SMARTS) is 1. The van der Waals surface area contributed by atoms with Crippen molar-refractivity contribution in [2.75, 3.05) is 7.11 Å². The minimum absolute atomic E-state index is 0.175. The molecule has 0 heterocycles. The van der Waals surface area contributed by atoms with Gasteiger partial charge in [-0.25, -0.2) is 0 Å². The van der Waals surface area contributed by atoms with Crippen LogP contribution in [0.2, 0.25) is 0 Å². The summed E-state index contributed by atoms with van der Waals surface area (Å²) in [6, 6.07) is 8.20. The number of ether oxygens (including phenoxy) is 1. The molecule has 116 valence electrons. The average molecular weight is 309 g/mol. The highest BCUT2D eigenvalue weighted by Crippen LogP contribution is 2.35. The molecule has 1 saturated carbocycles.